The molecule has 1 aliphatic rings. The van der Waals surface area contributed by atoms with Crippen molar-refractivity contribution in [2.75, 3.05) is 38.1 Å². The van der Waals surface area contributed by atoms with E-state index in [0.717, 1.165) is 11.1 Å². The quantitative estimate of drug-likeness (QED) is 0.211. The average molecular weight is 587 g/mol. The summed E-state index contributed by atoms with van der Waals surface area (Å²) in [5.74, 6) is -0.136. The number of anilines is 1. The minimum atomic E-state index is -3.72. The molecule has 1 fully saturated rings. The van der Waals surface area contributed by atoms with Crippen LogP contribution in [0, 0.1) is 10.1 Å². The van der Waals surface area contributed by atoms with Crippen LogP contribution in [-0.2, 0) is 14.8 Å². The van der Waals surface area contributed by atoms with E-state index < -0.39 is 20.9 Å². The Morgan fingerprint density at radius 3 is 1.88 bits per heavy atom. The van der Waals surface area contributed by atoms with Gasteiger partial charge in [-0.15, -0.1) is 0 Å². The van der Waals surface area contributed by atoms with E-state index in [-0.39, 0.29) is 23.2 Å². The zero-order chi connectivity index (χ0) is 29.5. The van der Waals surface area contributed by atoms with E-state index in [9.17, 15) is 23.3 Å². The zero-order valence-corrected chi connectivity index (χ0v) is 23.5. The molecule has 0 unspecified atom stereocenters. The van der Waals surface area contributed by atoms with Crippen LogP contribution in [0.3, 0.4) is 0 Å². The number of rotatable bonds is 10. The highest BCUT2D eigenvalue weighted by molar-refractivity contribution is 7.89. The first-order valence-corrected chi connectivity index (χ1v) is 14.9. The van der Waals surface area contributed by atoms with Gasteiger partial charge in [-0.2, -0.15) is 4.31 Å². The number of amides is 1. The molecule has 0 bridgehead atoms. The molecule has 5 rings (SSSR count). The van der Waals surface area contributed by atoms with Gasteiger partial charge in [0.1, 0.15) is 5.75 Å². The van der Waals surface area contributed by atoms with Crippen molar-refractivity contribution in [3.63, 3.8) is 0 Å². The number of nitrogens with zero attached hydrogens (tertiary/aromatic N) is 3. The summed E-state index contributed by atoms with van der Waals surface area (Å²) in [7, 11) is -3.72. The Hall–Kier alpha value is -4.58. The van der Waals surface area contributed by atoms with Gasteiger partial charge in [-0.25, -0.2) is 8.42 Å². The van der Waals surface area contributed by atoms with Gasteiger partial charge >= 0.3 is 0 Å². The molecule has 4 aromatic carbocycles. The Balaban J connectivity index is 1.18. The predicted molar refractivity (Wildman–Crippen MR) is 159 cm³/mol. The van der Waals surface area contributed by atoms with Gasteiger partial charge in [-0.3, -0.25) is 19.8 Å². The molecule has 10 nitrogen and oxygen atoms in total. The highest BCUT2D eigenvalue weighted by Gasteiger charge is 2.32. The van der Waals surface area contributed by atoms with Crippen LogP contribution in [0.1, 0.15) is 17.2 Å². The van der Waals surface area contributed by atoms with E-state index in [1.165, 1.54) is 52.8 Å². The van der Waals surface area contributed by atoms with Crippen molar-refractivity contribution >= 4 is 27.3 Å². The van der Waals surface area contributed by atoms with Crippen LogP contribution in [0.25, 0.3) is 0 Å². The number of hydrogen-bond donors (Lipinski definition) is 1. The van der Waals surface area contributed by atoms with Crippen LogP contribution < -0.4 is 10.1 Å². The molecule has 1 amide bonds. The van der Waals surface area contributed by atoms with Gasteiger partial charge in [-0.1, -0.05) is 60.7 Å². The maximum Gasteiger partial charge on any atom is 0.269 e. The molecule has 1 aliphatic heterocycles. The lowest BCUT2D eigenvalue weighted by Gasteiger charge is -2.39. The number of nitro benzene ring substituents is 1. The molecular weight excluding hydrogens is 556 g/mol. The van der Waals surface area contributed by atoms with E-state index in [0.29, 0.717) is 37.6 Å². The fraction of sp³-hybridized carbons (Fsp3) is 0.194. The molecule has 1 N–H and O–H groups in total. The Bertz CT molecular complexity index is 1570. The lowest BCUT2D eigenvalue weighted by Crippen LogP contribution is -2.49. The van der Waals surface area contributed by atoms with Crippen LogP contribution in [-0.4, -0.2) is 61.2 Å². The summed E-state index contributed by atoms with van der Waals surface area (Å²) < 4.78 is 33.7. The van der Waals surface area contributed by atoms with E-state index in [1.807, 2.05) is 36.4 Å². The minimum absolute atomic E-state index is 0.0320. The summed E-state index contributed by atoms with van der Waals surface area (Å²) in [6.07, 6.45) is 0. The summed E-state index contributed by atoms with van der Waals surface area (Å²) in [6, 6.07) is 31.9. The highest BCUT2D eigenvalue weighted by Crippen LogP contribution is 2.30. The minimum Gasteiger partial charge on any atom is -0.484 e. The molecule has 1 heterocycles. The summed E-state index contributed by atoms with van der Waals surface area (Å²) in [4.78, 5) is 25.0. The third-order valence-electron chi connectivity index (χ3n) is 7.06. The number of non-ortho nitro benzene ring substituents is 1. The number of piperazine rings is 1. The normalized spacial score (nSPS) is 14.4. The molecule has 0 aliphatic carbocycles. The molecule has 11 heteroatoms. The first-order valence-electron chi connectivity index (χ1n) is 13.4. The Kier molecular flexibility index (Phi) is 8.91. The molecule has 0 saturated carbocycles. The molecule has 216 valence electrons. The molecule has 1 saturated heterocycles. The number of nitro groups is 1. The largest absolute Gasteiger partial charge is 0.484 e. The SMILES string of the molecule is O=C(COc1ccc([N+](=O)[O-])cc1)Nc1ccc(S(=O)(=O)N2CCN(C(c3ccccc3)c3ccccc3)CC2)cc1. The number of carbonyl (C=O) groups excluding carboxylic acids is 1. The van der Waals surface area contributed by atoms with Gasteiger partial charge in [0.15, 0.2) is 6.61 Å². The van der Waals surface area contributed by atoms with Crippen molar-refractivity contribution in [2.45, 2.75) is 10.9 Å². The van der Waals surface area contributed by atoms with Crippen molar-refractivity contribution in [1.82, 2.24) is 9.21 Å². The fourth-order valence-electron chi connectivity index (χ4n) is 4.96. The topological polar surface area (TPSA) is 122 Å². The van der Waals surface area contributed by atoms with Crippen LogP contribution in [0.4, 0.5) is 11.4 Å². The van der Waals surface area contributed by atoms with Gasteiger partial charge in [-0.05, 0) is 47.5 Å². The molecule has 42 heavy (non-hydrogen) atoms. The van der Waals surface area contributed by atoms with Gasteiger partial charge in [0, 0.05) is 44.0 Å². The summed E-state index contributed by atoms with van der Waals surface area (Å²) in [5, 5.41) is 13.4. The van der Waals surface area contributed by atoms with Crippen LogP contribution in [0.15, 0.2) is 114 Å². The predicted octanol–water partition coefficient (Wildman–Crippen LogP) is 4.71. The first kappa shape index (κ1) is 28.9. The number of hydrogen-bond acceptors (Lipinski definition) is 7. The monoisotopic (exact) mass is 586 g/mol. The Morgan fingerprint density at radius 1 is 0.810 bits per heavy atom. The third-order valence-corrected chi connectivity index (χ3v) is 8.98. The van der Waals surface area contributed by atoms with Gasteiger partial charge in [0.2, 0.25) is 10.0 Å². The van der Waals surface area contributed by atoms with Crippen LogP contribution in [0.5, 0.6) is 5.75 Å². The van der Waals surface area contributed by atoms with E-state index in [1.54, 1.807) is 0 Å². The fourth-order valence-corrected chi connectivity index (χ4v) is 6.38. The molecule has 4 aromatic rings. The molecular formula is C31H30N4O6S. The molecule has 0 radical (unpaired) electrons. The maximum absolute atomic E-state index is 13.4. The number of carbonyl (C=O) groups is 1. The van der Waals surface area contributed by atoms with Crippen molar-refractivity contribution in [2.24, 2.45) is 0 Å². The third kappa shape index (κ3) is 6.82. The smallest absolute Gasteiger partial charge is 0.269 e. The number of nitrogens with one attached hydrogen (secondary N) is 1. The van der Waals surface area contributed by atoms with Crippen LogP contribution >= 0.6 is 0 Å². The highest BCUT2D eigenvalue weighted by atomic mass is 32.2. The standard InChI is InChI=1S/C31H30N4O6S/c36-30(23-41-28-15-13-27(14-16-28)35(37)38)32-26-11-17-29(18-12-26)42(39,40)34-21-19-33(20-22-34)31(24-7-3-1-4-8-24)25-9-5-2-6-10-25/h1-18,31H,19-23H2,(H,32,36). The Morgan fingerprint density at radius 2 is 1.36 bits per heavy atom. The van der Waals surface area contributed by atoms with E-state index in [4.69, 9.17) is 4.74 Å². The van der Waals surface area contributed by atoms with Crippen molar-refractivity contribution in [3.05, 3.63) is 130 Å². The second-order valence-electron chi connectivity index (χ2n) is 9.78. The maximum atomic E-state index is 13.4. The van der Waals surface area contributed by atoms with E-state index in [2.05, 4.69) is 34.5 Å². The lowest BCUT2D eigenvalue weighted by molar-refractivity contribution is -0.384. The number of benzene rings is 4. The average Bonchev–Trinajstić information content (AvgIpc) is 3.02. The second kappa shape index (κ2) is 12.9. The zero-order valence-electron chi connectivity index (χ0n) is 22.7. The van der Waals surface area contributed by atoms with Crippen molar-refractivity contribution in [1.29, 1.82) is 0 Å². The summed E-state index contributed by atoms with van der Waals surface area (Å²) in [5.41, 5.74) is 2.67. The summed E-state index contributed by atoms with van der Waals surface area (Å²) in [6.45, 7) is 1.57. The van der Waals surface area contributed by atoms with Crippen molar-refractivity contribution in [3.8, 4) is 5.75 Å². The van der Waals surface area contributed by atoms with Gasteiger partial charge in [0.25, 0.3) is 11.6 Å². The number of sulfonamides is 1. The first-order chi connectivity index (χ1) is 20.3. The van der Waals surface area contributed by atoms with E-state index >= 15 is 0 Å². The molecule has 0 spiro atoms. The number of ether oxygens (including phenoxy) is 1. The Labute approximate surface area is 244 Å². The van der Waals surface area contributed by atoms with Crippen molar-refractivity contribution < 1.29 is 22.9 Å². The molecule has 0 atom stereocenters. The summed E-state index contributed by atoms with van der Waals surface area (Å²) >= 11 is 0. The van der Waals surface area contributed by atoms with Gasteiger partial charge < -0.3 is 10.1 Å². The lowest BCUT2D eigenvalue weighted by atomic mass is 9.96. The van der Waals surface area contributed by atoms with Crippen LogP contribution in [0.2, 0.25) is 0 Å². The van der Waals surface area contributed by atoms with Gasteiger partial charge in [0.05, 0.1) is 15.9 Å². The molecule has 0 aromatic heterocycles. The second-order valence-corrected chi connectivity index (χ2v) is 11.7.